The van der Waals surface area contributed by atoms with E-state index < -0.39 is 17.2 Å². The van der Waals surface area contributed by atoms with Gasteiger partial charge >= 0.3 is 6.18 Å². The van der Waals surface area contributed by atoms with Crippen molar-refractivity contribution in [3.63, 3.8) is 0 Å². The Bertz CT molecular complexity index is 422. The zero-order chi connectivity index (χ0) is 13.3. The Morgan fingerprint density at radius 2 is 1.71 bits per heavy atom. The number of methoxy groups -OCH3 is 1. The number of carbonyl (C=O) groups excluding carboxylic acids is 1. The fourth-order valence-corrected chi connectivity index (χ4v) is 1.55. The molecule has 1 aromatic rings. The predicted octanol–water partition coefficient (Wildman–Crippen LogP) is 3.19. The van der Waals surface area contributed by atoms with Gasteiger partial charge in [0.15, 0.2) is 0 Å². The van der Waals surface area contributed by atoms with Crippen LogP contribution in [0.2, 0.25) is 0 Å². The first-order valence-electron chi connectivity index (χ1n) is 4.95. The summed E-state index contributed by atoms with van der Waals surface area (Å²) in [5, 5.41) is 0. The molecule has 0 aliphatic rings. The summed E-state index contributed by atoms with van der Waals surface area (Å²) < 4.78 is 43.0. The molecular weight excluding hydrogens is 233 g/mol. The van der Waals surface area contributed by atoms with Crippen LogP contribution in [-0.4, -0.2) is 13.4 Å². The summed E-state index contributed by atoms with van der Waals surface area (Å²) in [5.74, 6) is -0.294. The number of hydrogen-bond donors (Lipinski definition) is 0. The molecule has 0 aliphatic heterocycles. The van der Waals surface area contributed by atoms with E-state index in [1.54, 1.807) is 0 Å². The van der Waals surface area contributed by atoms with Crippen molar-refractivity contribution >= 4 is 6.29 Å². The van der Waals surface area contributed by atoms with E-state index in [9.17, 15) is 18.0 Å². The monoisotopic (exact) mass is 246 g/mol. The third-order valence-electron chi connectivity index (χ3n) is 2.51. The third kappa shape index (κ3) is 2.60. The molecule has 0 atom stereocenters. The van der Waals surface area contributed by atoms with Crippen LogP contribution in [0, 0.1) is 0 Å². The van der Waals surface area contributed by atoms with Crippen LogP contribution in [0.1, 0.15) is 25.0 Å². The quantitative estimate of drug-likeness (QED) is 0.765. The van der Waals surface area contributed by atoms with Gasteiger partial charge in [0.2, 0.25) is 0 Å². The van der Waals surface area contributed by atoms with E-state index in [0.29, 0.717) is 6.29 Å². The summed E-state index contributed by atoms with van der Waals surface area (Å²) in [5.41, 5.74) is -1.66. The van der Waals surface area contributed by atoms with Crippen molar-refractivity contribution in [3.05, 3.63) is 29.3 Å². The summed E-state index contributed by atoms with van der Waals surface area (Å²) in [6, 6.07) is 3.66. The molecule has 0 aromatic heterocycles. The molecule has 2 nitrogen and oxygen atoms in total. The Morgan fingerprint density at radius 3 is 2.12 bits per heavy atom. The summed E-state index contributed by atoms with van der Waals surface area (Å²) >= 11 is 0. The van der Waals surface area contributed by atoms with Gasteiger partial charge in [0.25, 0.3) is 0 Å². The highest BCUT2D eigenvalue weighted by Crippen LogP contribution is 2.41. The molecule has 94 valence electrons. The lowest BCUT2D eigenvalue weighted by Gasteiger charge is -2.23. The van der Waals surface area contributed by atoms with E-state index in [0.717, 1.165) is 13.2 Å². The molecule has 0 amide bonds. The van der Waals surface area contributed by atoms with Crippen molar-refractivity contribution in [2.75, 3.05) is 7.11 Å². The Labute approximate surface area is 97.4 Å². The zero-order valence-electron chi connectivity index (χ0n) is 9.76. The Morgan fingerprint density at radius 1 is 1.18 bits per heavy atom. The predicted molar refractivity (Wildman–Crippen MR) is 57.1 cm³/mol. The first kappa shape index (κ1) is 13.5. The van der Waals surface area contributed by atoms with Gasteiger partial charge in [0.1, 0.15) is 12.0 Å². The van der Waals surface area contributed by atoms with Gasteiger partial charge in [-0.1, -0.05) is 12.1 Å². The number of benzene rings is 1. The topological polar surface area (TPSA) is 26.3 Å². The van der Waals surface area contributed by atoms with Gasteiger partial charge in [-0.15, -0.1) is 0 Å². The number of aldehydes is 1. The molecule has 0 heterocycles. The highest BCUT2D eigenvalue weighted by atomic mass is 19.4. The molecule has 0 saturated heterocycles. The second-order valence-corrected chi connectivity index (χ2v) is 4.22. The molecule has 1 aromatic carbocycles. The smallest absolute Gasteiger partial charge is 0.419 e. The number of hydrogen-bond acceptors (Lipinski definition) is 2. The van der Waals surface area contributed by atoms with Crippen molar-refractivity contribution < 1.29 is 22.7 Å². The molecular formula is C12H13F3O2. The van der Waals surface area contributed by atoms with Crippen molar-refractivity contribution in [1.82, 2.24) is 0 Å². The maximum atomic E-state index is 12.7. The lowest BCUT2D eigenvalue weighted by Crippen LogP contribution is -2.21. The minimum absolute atomic E-state index is 0.227. The summed E-state index contributed by atoms with van der Waals surface area (Å²) in [4.78, 5) is 10.9. The van der Waals surface area contributed by atoms with Gasteiger partial charge in [0, 0.05) is 11.0 Å². The fraction of sp³-hybridized carbons (Fsp3) is 0.417. The highest BCUT2D eigenvalue weighted by Gasteiger charge is 2.37. The molecule has 0 N–H and O–H groups in total. The van der Waals surface area contributed by atoms with Gasteiger partial charge in [-0.2, -0.15) is 13.2 Å². The Balaban J connectivity index is 3.50. The highest BCUT2D eigenvalue weighted by molar-refractivity contribution is 5.70. The minimum atomic E-state index is -4.50. The molecule has 17 heavy (non-hydrogen) atoms. The number of rotatable bonds is 3. The van der Waals surface area contributed by atoms with Crippen molar-refractivity contribution in [2.45, 2.75) is 25.4 Å². The van der Waals surface area contributed by atoms with Crippen molar-refractivity contribution in [2.24, 2.45) is 0 Å². The molecule has 0 aliphatic carbocycles. The lowest BCUT2D eigenvalue weighted by molar-refractivity contribution is -0.139. The van der Waals surface area contributed by atoms with Gasteiger partial charge in [-0.05, 0) is 19.9 Å². The summed E-state index contributed by atoms with van der Waals surface area (Å²) in [7, 11) is 1.16. The first-order chi connectivity index (χ1) is 7.74. The second kappa shape index (κ2) is 4.39. The number of carbonyl (C=O) groups is 1. The van der Waals surface area contributed by atoms with Gasteiger partial charge in [0.05, 0.1) is 12.7 Å². The van der Waals surface area contributed by atoms with Crippen LogP contribution in [0.25, 0.3) is 0 Å². The molecule has 0 spiro atoms. The van der Waals surface area contributed by atoms with E-state index in [-0.39, 0.29) is 11.3 Å². The maximum Gasteiger partial charge on any atom is 0.419 e. The maximum absolute atomic E-state index is 12.7. The first-order valence-corrected chi connectivity index (χ1v) is 4.95. The molecule has 0 fully saturated rings. The van der Waals surface area contributed by atoms with Crippen molar-refractivity contribution in [3.8, 4) is 5.75 Å². The summed E-state index contributed by atoms with van der Waals surface area (Å²) in [6.45, 7) is 3.08. The lowest BCUT2D eigenvalue weighted by atomic mass is 9.84. The van der Waals surface area contributed by atoms with Crippen LogP contribution in [0.15, 0.2) is 18.2 Å². The van der Waals surface area contributed by atoms with Crippen LogP contribution in [0.3, 0.4) is 0 Å². The van der Waals surface area contributed by atoms with Crippen LogP contribution in [0.4, 0.5) is 13.2 Å². The molecule has 0 bridgehead atoms. The average molecular weight is 246 g/mol. The van der Waals surface area contributed by atoms with Gasteiger partial charge in [-0.3, -0.25) is 0 Å². The molecule has 0 radical (unpaired) electrons. The van der Waals surface area contributed by atoms with Crippen LogP contribution in [0.5, 0.6) is 5.75 Å². The largest absolute Gasteiger partial charge is 0.496 e. The zero-order valence-corrected chi connectivity index (χ0v) is 9.76. The molecule has 5 heteroatoms. The number of ether oxygens (including phenoxy) is 1. The summed E-state index contributed by atoms with van der Waals surface area (Å²) in [6.07, 6.45) is -3.90. The van der Waals surface area contributed by atoms with Crippen molar-refractivity contribution in [1.29, 1.82) is 0 Å². The van der Waals surface area contributed by atoms with E-state index in [4.69, 9.17) is 4.74 Å². The Kier molecular flexibility index (Phi) is 3.50. The van der Waals surface area contributed by atoms with Crippen LogP contribution >= 0.6 is 0 Å². The van der Waals surface area contributed by atoms with Gasteiger partial charge in [-0.25, -0.2) is 0 Å². The number of alkyl halides is 3. The number of halogens is 3. The number of para-hydroxylation sites is 1. The van der Waals surface area contributed by atoms with E-state index in [1.807, 2.05) is 0 Å². The molecule has 0 saturated carbocycles. The Hall–Kier alpha value is -1.52. The SMILES string of the molecule is COc1c(C(F)(F)F)cccc1C(C)(C)C=O. The average Bonchev–Trinajstić information content (AvgIpc) is 2.26. The molecule has 1 rings (SSSR count). The van der Waals surface area contributed by atoms with Crippen LogP contribution < -0.4 is 4.74 Å². The second-order valence-electron chi connectivity index (χ2n) is 4.22. The van der Waals surface area contributed by atoms with E-state index in [2.05, 4.69) is 0 Å². The normalized spacial score (nSPS) is 12.4. The van der Waals surface area contributed by atoms with E-state index >= 15 is 0 Å². The fourth-order valence-electron chi connectivity index (χ4n) is 1.55. The minimum Gasteiger partial charge on any atom is -0.496 e. The standard InChI is InChI=1S/C12H13F3O2/c1-11(2,7-16)8-5-4-6-9(10(8)17-3)12(13,14)15/h4-7H,1-3H3. The van der Waals surface area contributed by atoms with Gasteiger partial charge < -0.3 is 9.53 Å². The molecule has 0 unspecified atom stereocenters. The van der Waals surface area contributed by atoms with E-state index in [1.165, 1.54) is 26.0 Å². The van der Waals surface area contributed by atoms with Crippen LogP contribution in [-0.2, 0) is 16.4 Å². The third-order valence-corrected chi connectivity index (χ3v) is 2.51.